The lowest BCUT2D eigenvalue weighted by molar-refractivity contribution is -0.142. The van der Waals surface area contributed by atoms with E-state index in [9.17, 15) is 9.18 Å². The molecule has 2 rings (SSSR count). The Morgan fingerprint density at radius 1 is 1.58 bits per heavy atom. The fraction of sp³-hybridized carbons (Fsp3) is 0.500. The second kappa shape index (κ2) is 5.00. The summed E-state index contributed by atoms with van der Waals surface area (Å²) in [5.74, 6) is -0.812. The van der Waals surface area contributed by atoms with Crippen LogP contribution >= 0.6 is 11.6 Å². The second-order valence-electron chi connectivity index (χ2n) is 5.17. The summed E-state index contributed by atoms with van der Waals surface area (Å²) in [6.07, 6.45) is 0.559. The van der Waals surface area contributed by atoms with E-state index in [1.54, 1.807) is 13.0 Å². The molecule has 0 amide bonds. The number of halogens is 2. The number of esters is 1. The summed E-state index contributed by atoms with van der Waals surface area (Å²) in [6.45, 7) is 5.77. The van der Waals surface area contributed by atoms with Crippen LogP contribution in [-0.4, -0.2) is 18.2 Å². The molecule has 3 nitrogen and oxygen atoms in total. The van der Waals surface area contributed by atoms with Crippen molar-refractivity contribution in [3.05, 3.63) is 28.0 Å². The molecule has 1 heterocycles. The largest absolute Gasteiger partial charge is 0.484 e. The molecule has 0 aromatic heterocycles. The van der Waals surface area contributed by atoms with Crippen molar-refractivity contribution in [1.29, 1.82) is 0 Å². The van der Waals surface area contributed by atoms with E-state index in [0.29, 0.717) is 18.6 Å². The molecule has 1 aliphatic rings. The van der Waals surface area contributed by atoms with E-state index in [-0.39, 0.29) is 17.2 Å². The number of hydrogen-bond acceptors (Lipinski definition) is 3. The lowest BCUT2D eigenvalue weighted by atomic mass is 9.99. The van der Waals surface area contributed by atoms with Gasteiger partial charge in [-0.3, -0.25) is 4.79 Å². The standard InChI is InChI=1S/C14H16ClFO3/c1-4-18-10(17)6-8-5-9-7-14(2,3)19-13(9)12(16)11(8)15/h5H,4,6-7H2,1-3H3. The molecule has 0 saturated carbocycles. The van der Waals surface area contributed by atoms with Gasteiger partial charge in [0.1, 0.15) is 5.60 Å². The minimum atomic E-state index is -0.593. The van der Waals surface area contributed by atoms with Gasteiger partial charge in [-0.1, -0.05) is 11.6 Å². The number of ether oxygens (including phenoxy) is 2. The van der Waals surface area contributed by atoms with Crippen molar-refractivity contribution in [1.82, 2.24) is 0 Å². The van der Waals surface area contributed by atoms with Crippen LogP contribution in [0.3, 0.4) is 0 Å². The van der Waals surface area contributed by atoms with Gasteiger partial charge in [-0.05, 0) is 32.4 Å². The number of hydrogen-bond donors (Lipinski definition) is 0. The third-order valence-electron chi connectivity index (χ3n) is 2.95. The van der Waals surface area contributed by atoms with E-state index in [2.05, 4.69) is 0 Å². The zero-order valence-corrected chi connectivity index (χ0v) is 11.9. The molecule has 0 saturated heterocycles. The van der Waals surface area contributed by atoms with Crippen molar-refractivity contribution in [3.8, 4) is 5.75 Å². The SMILES string of the molecule is CCOC(=O)Cc1cc2c(c(F)c1Cl)OC(C)(C)C2. The highest BCUT2D eigenvalue weighted by atomic mass is 35.5. The van der Waals surface area contributed by atoms with Crippen LogP contribution in [0.4, 0.5) is 4.39 Å². The summed E-state index contributed by atoms with van der Waals surface area (Å²) in [5.41, 5.74) is 0.735. The zero-order chi connectivity index (χ0) is 14.2. The lowest BCUT2D eigenvalue weighted by Gasteiger charge is -2.17. The minimum Gasteiger partial charge on any atom is -0.484 e. The molecule has 0 aliphatic carbocycles. The monoisotopic (exact) mass is 286 g/mol. The topological polar surface area (TPSA) is 35.5 Å². The van der Waals surface area contributed by atoms with Crippen LogP contribution in [-0.2, 0) is 22.4 Å². The molecule has 19 heavy (non-hydrogen) atoms. The smallest absolute Gasteiger partial charge is 0.310 e. The first-order valence-corrected chi connectivity index (χ1v) is 6.56. The van der Waals surface area contributed by atoms with Gasteiger partial charge in [0, 0.05) is 12.0 Å². The highest BCUT2D eigenvalue weighted by Gasteiger charge is 2.34. The van der Waals surface area contributed by atoms with Crippen LogP contribution in [0.2, 0.25) is 5.02 Å². The number of carbonyl (C=O) groups is 1. The Hall–Kier alpha value is -1.29. The highest BCUT2D eigenvalue weighted by molar-refractivity contribution is 6.31. The molecule has 0 unspecified atom stereocenters. The number of benzene rings is 1. The molecule has 104 valence electrons. The third kappa shape index (κ3) is 2.84. The molecular formula is C14H16ClFO3. The van der Waals surface area contributed by atoms with E-state index < -0.39 is 17.4 Å². The van der Waals surface area contributed by atoms with Crippen LogP contribution in [0, 0.1) is 5.82 Å². The van der Waals surface area contributed by atoms with Crippen molar-refractivity contribution in [2.75, 3.05) is 6.61 Å². The van der Waals surface area contributed by atoms with Gasteiger partial charge in [-0.15, -0.1) is 0 Å². The Balaban J connectivity index is 2.34. The van der Waals surface area contributed by atoms with Crippen molar-refractivity contribution in [2.24, 2.45) is 0 Å². The number of rotatable bonds is 3. The summed E-state index contributed by atoms with van der Waals surface area (Å²) >= 11 is 5.95. The van der Waals surface area contributed by atoms with E-state index in [1.807, 2.05) is 13.8 Å². The predicted molar refractivity (Wildman–Crippen MR) is 70.2 cm³/mol. The maximum Gasteiger partial charge on any atom is 0.310 e. The molecule has 0 N–H and O–H groups in total. The molecule has 0 atom stereocenters. The fourth-order valence-electron chi connectivity index (χ4n) is 2.23. The molecule has 0 fully saturated rings. The van der Waals surface area contributed by atoms with E-state index in [0.717, 1.165) is 5.56 Å². The summed E-state index contributed by atoms with van der Waals surface area (Å²) in [6, 6.07) is 1.73. The van der Waals surface area contributed by atoms with Gasteiger partial charge in [0.25, 0.3) is 0 Å². The van der Waals surface area contributed by atoms with Gasteiger partial charge in [0.15, 0.2) is 11.6 Å². The van der Waals surface area contributed by atoms with Crippen molar-refractivity contribution in [2.45, 2.75) is 39.2 Å². The van der Waals surface area contributed by atoms with E-state index in [1.165, 1.54) is 0 Å². The molecular weight excluding hydrogens is 271 g/mol. The first kappa shape index (κ1) is 14.1. The third-order valence-corrected chi connectivity index (χ3v) is 3.36. The summed E-state index contributed by atoms with van der Waals surface area (Å²) in [7, 11) is 0. The average Bonchev–Trinajstić information content (AvgIpc) is 2.61. The number of carbonyl (C=O) groups excluding carboxylic acids is 1. The molecule has 0 spiro atoms. The van der Waals surface area contributed by atoms with Crippen molar-refractivity contribution < 1.29 is 18.7 Å². The van der Waals surface area contributed by atoms with Crippen molar-refractivity contribution >= 4 is 17.6 Å². The fourth-order valence-corrected chi connectivity index (χ4v) is 2.44. The molecule has 1 aliphatic heterocycles. The number of fused-ring (bicyclic) bond motifs is 1. The van der Waals surface area contributed by atoms with E-state index >= 15 is 0 Å². The average molecular weight is 287 g/mol. The molecule has 0 radical (unpaired) electrons. The highest BCUT2D eigenvalue weighted by Crippen LogP contribution is 2.41. The Morgan fingerprint density at radius 3 is 2.89 bits per heavy atom. The molecule has 1 aromatic rings. The van der Waals surface area contributed by atoms with Gasteiger partial charge in [0.2, 0.25) is 0 Å². The summed E-state index contributed by atoms with van der Waals surface area (Å²) in [5, 5.41) is -0.0653. The van der Waals surface area contributed by atoms with E-state index in [4.69, 9.17) is 21.1 Å². The second-order valence-corrected chi connectivity index (χ2v) is 5.55. The van der Waals surface area contributed by atoms with Crippen LogP contribution in [0.5, 0.6) is 5.75 Å². The van der Waals surface area contributed by atoms with Crippen LogP contribution in [0.15, 0.2) is 6.07 Å². The lowest BCUT2D eigenvalue weighted by Crippen LogP contribution is -2.24. The molecule has 0 bridgehead atoms. The quantitative estimate of drug-likeness (QED) is 0.800. The van der Waals surface area contributed by atoms with Gasteiger partial charge >= 0.3 is 5.97 Å². The van der Waals surface area contributed by atoms with Gasteiger partial charge in [0.05, 0.1) is 18.1 Å². The Labute approximate surface area is 116 Å². The normalized spacial score (nSPS) is 15.8. The van der Waals surface area contributed by atoms with Gasteiger partial charge in [-0.25, -0.2) is 4.39 Å². The summed E-state index contributed by atoms with van der Waals surface area (Å²) < 4.78 is 24.5. The van der Waals surface area contributed by atoms with Crippen LogP contribution in [0.25, 0.3) is 0 Å². The Bertz CT molecular complexity index is 526. The zero-order valence-electron chi connectivity index (χ0n) is 11.2. The minimum absolute atomic E-state index is 0.0305. The molecule has 1 aromatic carbocycles. The predicted octanol–water partition coefficient (Wildman–Crippen LogP) is 3.30. The Morgan fingerprint density at radius 2 is 2.26 bits per heavy atom. The van der Waals surface area contributed by atoms with Crippen molar-refractivity contribution in [3.63, 3.8) is 0 Å². The molecule has 5 heteroatoms. The van der Waals surface area contributed by atoms with Gasteiger partial charge in [-0.2, -0.15) is 0 Å². The maximum absolute atomic E-state index is 14.1. The van der Waals surface area contributed by atoms with Gasteiger partial charge < -0.3 is 9.47 Å². The Kier molecular flexibility index (Phi) is 3.72. The van der Waals surface area contributed by atoms with Crippen LogP contribution in [0.1, 0.15) is 31.9 Å². The first-order valence-electron chi connectivity index (χ1n) is 6.18. The van der Waals surface area contributed by atoms with Crippen LogP contribution < -0.4 is 4.74 Å². The maximum atomic E-state index is 14.1. The summed E-state index contributed by atoms with van der Waals surface area (Å²) in [4.78, 5) is 11.5. The first-order chi connectivity index (χ1) is 8.84.